The summed E-state index contributed by atoms with van der Waals surface area (Å²) in [4.78, 5) is 47.0. The second kappa shape index (κ2) is 12.0. The lowest BCUT2D eigenvalue weighted by Crippen LogP contribution is -2.36. The zero-order valence-corrected chi connectivity index (χ0v) is 20.7. The number of nitrogens with zero attached hydrogens (tertiary/aromatic N) is 4. The standard InChI is InChI=1S/C24H41N5O3/c1-7-9-11-15-28-19(12-13-20(30)27(6)18(5)16-17(3)4)25-22-21(28)23(31)26-24(32)29(22)14-10-8-2/h17-18H,7-16H2,1-6H3,(H,26,31,32). The molecule has 8 heteroatoms. The molecule has 0 saturated heterocycles. The molecule has 1 N–H and O–H groups in total. The van der Waals surface area contributed by atoms with Crippen molar-refractivity contribution in [1.29, 1.82) is 0 Å². The Hall–Kier alpha value is -2.38. The Morgan fingerprint density at radius 1 is 1.03 bits per heavy atom. The number of unbranched alkanes of at least 4 members (excludes halogenated alkanes) is 3. The number of H-pyrrole nitrogens is 1. The van der Waals surface area contributed by atoms with E-state index in [9.17, 15) is 14.4 Å². The molecular weight excluding hydrogens is 406 g/mol. The molecule has 180 valence electrons. The molecule has 2 heterocycles. The number of nitrogens with one attached hydrogen (secondary N) is 1. The second-order valence-electron chi connectivity index (χ2n) is 9.31. The number of hydrogen-bond donors (Lipinski definition) is 1. The van der Waals surface area contributed by atoms with Crippen LogP contribution in [0.2, 0.25) is 0 Å². The minimum atomic E-state index is -0.418. The van der Waals surface area contributed by atoms with Crippen molar-refractivity contribution >= 4 is 17.1 Å². The van der Waals surface area contributed by atoms with E-state index >= 15 is 0 Å². The Bertz CT molecular complexity index is 1000. The van der Waals surface area contributed by atoms with Crippen LogP contribution in [0.5, 0.6) is 0 Å². The first-order valence-electron chi connectivity index (χ1n) is 12.2. The van der Waals surface area contributed by atoms with Crippen molar-refractivity contribution in [3.63, 3.8) is 0 Å². The van der Waals surface area contributed by atoms with Crippen molar-refractivity contribution in [1.82, 2.24) is 24.0 Å². The van der Waals surface area contributed by atoms with E-state index in [1.54, 1.807) is 4.57 Å². The highest BCUT2D eigenvalue weighted by Gasteiger charge is 2.21. The molecule has 0 fully saturated rings. The Kier molecular flexibility index (Phi) is 9.72. The zero-order valence-electron chi connectivity index (χ0n) is 20.7. The van der Waals surface area contributed by atoms with Crippen LogP contribution in [0.4, 0.5) is 0 Å². The van der Waals surface area contributed by atoms with Crippen molar-refractivity contribution in [3.8, 4) is 0 Å². The number of carbonyl (C=O) groups is 1. The molecule has 8 nitrogen and oxygen atoms in total. The summed E-state index contributed by atoms with van der Waals surface area (Å²) in [5.41, 5.74) is 0.0643. The summed E-state index contributed by atoms with van der Waals surface area (Å²) in [6.45, 7) is 11.8. The molecular formula is C24H41N5O3. The molecule has 0 saturated carbocycles. The van der Waals surface area contributed by atoms with Gasteiger partial charge in [0.2, 0.25) is 5.91 Å². The SMILES string of the molecule is CCCCCn1c(CCC(=O)N(C)C(C)CC(C)C)nc2c1c(=O)[nH]c(=O)n2CCCC. The first-order valence-corrected chi connectivity index (χ1v) is 12.2. The molecule has 2 rings (SSSR count). The average molecular weight is 448 g/mol. The van der Waals surface area contributed by atoms with Gasteiger partial charge in [0.1, 0.15) is 5.82 Å². The van der Waals surface area contributed by atoms with Crippen LogP contribution in [0.15, 0.2) is 9.59 Å². The Balaban J connectivity index is 2.38. The number of carbonyl (C=O) groups excluding carboxylic acids is 1. The predicted octanol–water partition coefficient (Wildman–Crippen LogP) is 3.70. The maximum atomic E-state index is 12.8. The average Bonchev–Trinajstić information content (AvgIpc) is 3.09. The van der Waals surface area contributed by atoms with Gasteiger partial charge in [-0.1, -0.05) is 47.0 Å². The van der Waals surface area contributed by atoms with Crippen molar-refractivity contribution in [2.24, 2.45) is 5.92 Å². The van der Waals surface area contributed by atoms with Crippen LogP contribution in [0.3, 0.4) is 0 Å². The van der Waals surface area contributed by atoms with Crippen molar-refractivity contribution in [3.05, 3.63) is 26.7 Å². The Morgan fingerprint density at radius 2 is 1.69 bits per heavy atom. The predicted molar refractivity (Wildman–Crippen MR) is 129 cm³/mol. The third-order valence-electron chi connectivity index (χ3n) is 6.11. The van der Waals surface area contributed by atoms with Gasteiger partial charge in [-0.3, -0.25) is 19.1 Å². The third-order valence-corrected chi connectivity index (χ3v) is 6.11. The fourth-order valence-corrected chi connectivity index (χ4v) is 4.17. The van der Waals surface area contributed by atoms with Gasteiger partial charge >= 0.3 is 5.69 Å². The lowest BCUT2D eigenvalue weighted by atomic mass is 10.0. The number of rotatable bonds is 13. The highest BCUT2D eigenvalue weighted by atomic mass is 16.2. The number of amides is 1. The third kappa shape index (κ3) is 6.33. The molecule has 0 aliphatic carbocycles. The van der Waals surface area contributed by atoms with Gasteiger partial charge in [-0.15, -0.1) is 0 Å². The summed E-state index contributed by atoms with van der Waals surface area (Å²) in [7, 11) is 1.85. The molecule has 1 amide bonds. The molecule has 1 atom stereocenters. The quantitative estimate of drug-likeness (QED) is 0.474. The summed E-state index contributed by atoms with van der Waals surface area (Å²) in [6, 6.07) is 0.174. The van der Waals surface area contributed by atoms with Crippen LogP contribution in [0.25, 0.3) is 11.2 Å². The van der Waals surface area contributed by atoms with Gasteiger partial charge in [0.25, 0.3) is 5.56 Å². The van der Waals surface area contributed by atoms with Crippen LogP contribution in [-0.2, 0) is 24.3 Å². The largest absolute Gasteiger partial charge is 0.343 e. The van der Waals surface area contributed by atoms with E-state index in [1.807, 2.05) is 16.5 Å². The number of imidazole rings is 1. The van der Waals surface area contributed by atoms with Gasteiger partial charge in [-0.05, 0) is 32.1 Å². The number of fused-ring (bicyclic) bond motifs is 1. The minimum absolute atomic E-state index is 0.0718. The van der Waals surface area contributed by atoms with E-state index in [1.165, 1.54) is 0 Å². The second-order valence-corrected chi connectivity index (χ2v) is 9.31. The van der Waals surface area contributed by atoms with Gasteiger partial charge in [-0.2, -0.15) is 0 Å². The van der Waals surface area contributed by atoms with Crippen LogP contribution in [0, 0.1) is 5.92 Å². The molecule has 1 unspecified atom stereocenters. The fourth-order valence-electron chi connectivity index (χ4n) is 4.17. The molecule has 2 aromatic heterocycles. The summed E-state index contributed by atoms with van der Waals surface area (Å²) in [5, 5.41) is 0. The van der Waals surface area contributed by atoms with E-state index in [0.717, 1.165) is 38.5 Å². The smallest absolute Gasteiger partial charge is 0.330 e. The maximum Gasteiger partial charge on any atom is 0.330 e. The van der Waals surface area contributed by atoms with Crippen LogP contribution < -0.4 is 11.2 Å². The number of aromatic amines is 1. The van der Waals surface area contributed by atoms with Crippen LogP contribution >= 0.6 is 0 Å². The molecule has 0 aromatic carbocycles. The van der Waals surface area contributed by atoms with Crippen molar-refractivity contribution in [2.75, 3.05) is 7.05 Å². The normalized spacial score (nSPS) is 12.6. The van der Waals surface area contributed by atoms with Crippen molar-refractivity contribution < 1.29 is 4.79 Å². The summed E-state index contributed by atoms with van der Waals surface area (Å²) in [5.74, 6) is 1.30. The van der Waals surface area contributed by atoms with Gasteiger partial charge in [0, 0.05) is 39.0 Å². The zero-order chi connectivity index (χ0) is 23.8. The molecule has 0 radical (unpaired) electrons. The molecule has 0 aliphatic heterocycles. The highest BCUT2D eigenvalue weighted by molar-refractivity contribution is 5.77. The Morgan fingerprint density at radius 3 is 2.31 bits per heavy atom. The van der Waals surface area contributed by atoms with Gasteiger partial charge in [0.15, 0.2) is 11.2 Å². The lowest BCUT2D eigenvalue weighted by molar-refractivity contribution is -0.131. The van der Waals surface area contributed by atoms with Crippen molar-refractivity contribution in [2.45, 2.75) is 105 Å². The van der Waals surface area contributed by atoms with E-state index in [4.69, 9.17) is 4.98 Å². The lowest BCUT2D eigenvalue weighted by Gasteiger charge is -2.26. The number of aromatic nitrogens is 4. The molecule has 0 aliphatic rings. The summed E-state index contributed by atoms with van der Waals surface area (Å²) < 4.78 is 3.50. The maximum absolute atomic E-state index is 12.8. The first kappa shape index (κ1) is 25.9. The van der Waals surface area contributed by atoms with Gasteiger partial charge in [0.05, 0.1) is 0 Å². The topological polar surface area (TPSA) is 93.0 Å². The molecule has 2 aromatic rings. The van der Waals surface area contributed by atoms with Crippen LogP contribution in [-0.4, -0.2) is 43.0 Å². The number of hydrogen-bond acceptors (Lipinski definition) is 4. The molecule has 0 spiro atoms. The monoisotopic (exact) mass is 447 g/mol. The molecule has 32 heavy (non-hydrogen) atoms. The van der Waals surface area contributed by atoms with Gasteiger partial charge < -0.3 is 9.47 Å². The van der Waals surface area contributed by atoms with E-state index < -0.39 is 11.2 Å². The Labute approximate surface area is 191 Å². The minimum Gasteiger partial charge on any atom is -0.343 e. The van der Waals surface area contributed by atoms with Gasteiger partial charge in [-0.25, -0.2) is 9.78 Å². The summed E-state index contributed by atoms with van der Waals surface area (Å²) in [6.07, 6.45) is 6.52. The van der Waals surface area contributed by atoms with E-state index in [0.29, 0.717) is 48.8 Å². The molecule has 0 bridgehead atoms. The van der Waals surface area contributed by atoms with Crippen LogP contribution in [0.1, 0.15) is 85.4 Å². The van der Waals surface area contributed by atoms with E-state index in [2.05, 4.69) is 39.6 Å². The first-order chi connectivity index (χ1) is 15.2. The number of aryl methyl sites for hydroxylation is 3. The van der Waals surface area contributed by atoms with E-state index in [-0.39, 0.29) is 11.9 Å². The summed E-state index contributed by atoms with van der Waals surface area (Å²) >= 11 is 0. The highest BCUT2D eigenvalue weighted by Crippen LogP contribution is 2.17. The fraction of sp³-hybridized carbons (Fsp3) is 0.750.